The van der Waals surface area contributed by atoms with Crippen molar-refractivity contribution in [2.45, 2.75) is 36.0 Å². The fraction of sp³-hybridized carbons (Fsp3) is 0.429. The van der Waals surface area contributed by atoms with Crippen LogP contribution >= 0.6 is 35.8 Å². The summed E-state index contributed by atoms with van der Waals surface area (Å²) < 4.78 is 0. The minimum absolute atomic E-state index is 0. The van der Waals surface area contributed by atoms with Crippen molar-refractivity contribution in [3.05, 3.63) is 23.2 Å². The van der Waals surface area contributed by atoms with Gasteiger partial charge in [0, 0.05) is 28.9 Å². The largest absolute Gasteiger partial charge is 0.356 e. The average molecular weight is 364 g/mol. The quantitative estimate of drug-likeness (QED) is 0.749. The predicted molar refractivity (Wildman–Crippen MR) is 92.9 cm³/mol. The van der Waals surface area contributed by atoms with Gasteiger partial charge in [0.2, 0.25) is 11.8 Å². The van der Waals surface area contributed by atoms with Crippen molar-refractivity contribution in [3.63, 3.8) is 0 Å². The zero-order chi connectivity index (χ0) is 15.4. The molecule has 0 radical (unpaired) electrons. The number of hydrogen-bond acceptors (Lipinski definition) is 4. The Labute approximate surface area is 145 Å². The van der Waals surface area contributed by atoms with Crippen LogP contribution < -0.4 is 16.4 Å². The highest BCUT2D eigenvalue weighted by Gasteiger charge is 2.28. The van der Waals surface area contributed by atoms with Crippen LogP contribution in [-0.2, 0) is 9.59 Å². The number of carbonyl (C=O) groups excluding carboxylic acids is 2. The lowest BCUT2D eigenvalue weighted by atomic mass is 10.2. The summed E-state index contributed by atoms with van der Waals surface area (Å²) in [6, 6.07) is 5.38. The zero-order valence-corrected chi connectivity index (χ0v) is 14.5. The SMILES string of the molecule is CC(N)CCNC(=O)CC1Sc2ccc(Cl)cc2NC1=O.Cl. The number of fused-ring (bicyclic) bond motifs is 1. The summed E-state index contributed by atoms with van der Waals surface area (Å²) in [5, 5.41) is 5.72. The number of hydrogen-bond donors (Lipinski definition) is 3. The van der Waals surface area contributed by atoms with E-state index in [1.165, 1.54) is 11.8 Å². The molecule has 0 fully saturated rings. The highest BCUT2D eigenvalue weighted by Crippen LogP contribution is 2.38. The fourth-order valence-electron chi connectivity index (χ4n) is 1.94. The van der Waals surface area contributed by atoms with Gasteiger partial charge >= 0.3 is 0 Å². The topological polar surface area (TPSA) is 84.2 Å². The van der Waals surface area contributed by atoms with E-state index in [-0.39, 0.29) is 36.7 Å². The number of rotatable bonds is 5. The first-order valence-electron chi connectivity index (χ1n) is 6.75. The third-order valence-electron chi connectivity index (χ3n) is 3.05. The van der Waals surface area contributed by atoms with Gasteiger partial charge < -0.3 is 16.4 Å². The van der Waals surface area contributed by atoms with Crippen LogP contribution in [-0.4, -0.2) is 29.7 Å². The van der Waals surface area contributed by atoms with Crippen LogP contribution in [0, 0.1) is 0 Å². The molecule has 0 spiro atoms. The molecule has 2 rings (SSSR count). The fourth-order valence-corrected chi connectivity index (χ4v) is 3.20. The molecule has 0 aliphatic carbocycles. The first-order valence-corrected chi connectivity index (χ1v) is 8.01. The molecule has 0 aromatic heterocycles. The Hall–Kier alpha value is -0.950. The van der Waals surface area contributed by atoms with Gasteiger partial charge in [0.05, 0.1) is 10.9 Å². The normalized spacial score (nSPS) is 17.8. The summed E-state index contributed by atoms with van der Waals surface area (Å²) in [4.78, 5) is 24.8. The highest BCUT2D eigenvalue weighted by molar-refractivity contribution is 8.01. The number of thioether (sulfide) groups is 1. The van der Waals surface area contributed by atoms with Gasteiger partial charge in [-0.05, 0) is 31.5 Å². The summed E-state index contributed by atoms with van der Waals surface area (Å²) >= 11 is 7.28. The minimum Gasteiger partial charge on any atom is -0.356 e. The van der Waals surface area contributed by atoms with Crippen molar-refractivity contribution in [1.82, 2.24) is 5.32 Å². The smallest absolute Gasteiger partial charge is 0.238 e. The molecular formula is C14H19Cl2N3O2S. The third-order valence-corrected chi connectivity index (χ3v) is 4.56. The van der Waals surface area contributed by atoms with Crippen LogP contribution in [0.5, 0.6) is 0 Å². The van der Waals surface area contributed by atoms with Gasteiger partial charge in [-0.1, -0.05) is 11.6 Å². The van der Waals surface area contributed by atoms with E-state index in [0.29, 0.717) is 17.3 Å². The van der Waals surface area contributed by atoms with Crippen LogP contribution in [0.1, 0.15) is 19.8 Å². The molecule has 1 aliphatic rings. The maximum Gasteiger partial charge on any atom is 0.238 e. The number of halogens is 2. The lowest BCUT2D eigenvalue weighted by Crippen LogP contribution is -2.36. The maximum atomic E-state index is 12.0. The predicted octanol–water partition coefficient (Wildman–Crippen LogP) is 2.42. The van der Waals surface area contributed by atoms with Crippen LogP contribution in [0.15, 0.2) is 23.1 Å². The Morgan fingerprint density at radius 3 is 2.95 bits per heavy atom. The molecule has 2 atom stereocenters. The van der Waals surface area contributed by atoms with Gasteiger partial charge in [-0.25, -0.2) is 0 Å². The molecule has 2 unspecified atom stereocenters. The molecule has 8 heteroatoms. The summed E-state index contributed by atoms with van der Waals surface area (Å²) in [6.07, 6.45) is 0.870. The van der Waals surface area contributed by atoms with Crippen molar-refractivity contribution in [3.8, 4) is 0 Å². The van der Waals surface area contributed by atoms with Crippen LogP contribution in [0.2, 0.25) is 5.02 Å². The van der Waals surface area contributed by atoms with Gasteiger partial charge in [-0.2, -0.15) is 0 Å². The summed E-state index contributed by atoms with van der Waals surface area (Å²) in [5.74, 6) is -0.308. The Morgan fingerprint density at radius 1 is 1.55 bits per heavy atom. The van der Waals surface area contributed by atoms with Crippen LogP contribution in [0.4, 0.5) is 5.69 Å². The van der Waals surface area contributed by atoms with Gasteiger partial charge in [-0.15, -0.1) is 24.2 Å². The monoisotopic (exact) mass is 363 g/mol. The lowest BCUT2D eigenvalue weighted by molar-refractivity contribution is -0.124. The van der Waals surface area contributed by atoms with Crippen LogP contribution in [0.25, 0.3) is 0 Å². The van der Waals surface area contributed by atoms with Crippen molar-refractivity contribution in [1.29, 1.82) is 0 Å². The van der Waals surface area contributed by atoms with Crippen molar-refractivity contribution < 1.29 is 9.59 Å². The van der Waals surface area contributed by atoms with E-state index >= 15 is 0 Å². The molecule has 122 valence electrons. The second-order valence-electron chi connectivity index (χ2n) is 5.06. The van der Waals surface area contributed by atoms with E-state index < -0.39 is 5.25 Å². The standard InChI is InChI=1S/C14H18ClN3O2S.ClH/c1-8(16)4-5-17-13(19)7-12-14(20)18-10-6-9(15)2-3-11(10)21-12;/h2-3,6,8,12H,4-5,7,16H2,1H3,(H,17,19)(H,18,20);1H. The van der Waals surface area contributed by atoms with Crippen molar-refractivity contribution in [2.75, 3.05) is 11.9 Å². The number of carbonyl (C=O) groups is 2. The molecule has 5 nitrogen and oxygen atoms in total. The molecule has 0 saturated heterocycles. The highest BCUT2D eigenvalue weighted by atomic mass is 35.5. The van der Waals surface area contributed by atoms with E-state index in [0.717, 1.165) is 11.3 Å². The summed E-state index contributed by atoms with van der Waals surface area (Å²) in [6.45, 7) is 2.42. The molecule has 1 aromatic carbocycles. The van der Waals surface area contributed by atoms with E-state index in [9.17, 15) is 9.59 Å². The molecule has 1 aromatic rings. The Bertz CT molecular complexity index is 555. The minimum atomic E-state index is -0.422. The molecule has 4 N–H and O–H groups in total. The maximum absolute atomic E-state index is 12.0. The zero-order valence-electron chi connectivity index (χ0n) is 12.1. The Morgan fingerprint density at radius 2 is 2.27 bits per heavy atom. The molecule has 1 heterocycles. The van der Waals surface area contributed by atoms with Gasteiger partial charge in [-0.3, -0.25) is 9.59 Å². The number of nitrogens with two attached hydrogens (primary N) is 1. The molecular weight excluding hydrogens is 345 g/mol. The number of anilines is 1. The van der Waals surface area contributed by atoms with Crippen molar-refractivity contribution >= 4 is 53.3 Å². The van der Waals surface area contributed by atoms with E-state index in [2.05, 4.69) is 10.6 Å². The molecule has 1 aliphatic heterocycles. The number of nitrogens with one attached hydrogen (secondary N) is 2. The van der Waals surface area contributed by atoms with Crippen LogP contribution in [0.3, 0.4) is 0 Å². The first kappa shape index (κ1) is 19.1. The summed E-state index contributed by atoms with van der Waals surface area (Å²) in [7, 11) is 0. The Balaban J connectivity index is 0.00000242. The van der Waals surface area contributed by atoms with E-state index in [1.54, 1.807) is 12.1 Å². The summed E-state index contributed by atoms with van der Waals surface area (Å²) in [5.41, 5.74) is 6.32. The average Bonchev–Trinajstić information content (AvgIpc) is 2.39. The first-order chi connectivity index (χ1) is 9.95. The van der Waals surface area contributed by atoms with E-state index in [1.807, 2.05) is 13.0 Å². The van der Waals surface area contributed by atoms with Gasteiger partial charge in [0.25, 0.3) is 0 Å². The van der Waals surface area contributed by atoms with Gasteiger partial charge in [0.1, 0.15) is 0 Å². The number of amides is 2. The molecule has 0 saturated carbocycles. The molecule has 0 bridgehead atoms. The molecule has 2 amide bonds. The van der Waals surface area contributed by atoms with Crippen molar-refractivity contribution in [2.24, 2.45) is 5.73 Å². The molecule has 22 heavy (non-hydrogen) atoms. The third kappa shape index (κ3) is 5.35. The Kier molecular flexibility index (Phi) is 7.48. The second-order valence-corrected chi connectivity index (χ2v) is 6.74. The second kappa shape index (κ2) is 8.62. The van der Waals surface area contributed by atoms with Gasteiger partial charge in [0.15, 0.2) is 0 Å². The van der Waals surface area contributed by atoms with E-state index in [4.69, 9.17) is 17.3 Å². The number of benzene rings is 1. The lowest BCUT2D eigenvalue weighted by Gasteiger charge is -2.23.